The second-order valence-corrected chi connectivity index (χ2v) is 6.98. The van der Waals surface area contributed by atoms with E-state index in [9.17, 15) is 9.59 Å². The topological polar surface area (TPSA) is 92.4 Å². The molecular formula is C20H20N4O3S. The Bertz CT molecular complexity index is 970. The lowest BCUT2D eigenvalue weighted by molar-refractivity contribution is -0.115. The number of rotatable bonds is 6. The number of nitrogens with one attached hydrogen (secondary N) is 3. The first-order valence-corrected chi connectivity index (χ1v) is 9.43. The van der Waals surface area contributed by atoms with Crippen LogP contribution in [0.5, 0.6) is 5.75 Å². The van der Waals surface area contributed by atoms with Gasteiger partial charge in [0.05, 0.1) is 24.4 Å². The van der Waals surface area contributed by atoms with Gasteiger partial charge in [-0.05, 0) is 43.3 Å². The third kappa shape index (κ3) is 5.31. The van der Waals surface area contributed by atoms with Crippen LogP contribution in [-0.2, 0) is 4.79 Å². The first-order valence-electron chi connectivity index (χ1n) is 8.55. The van der Waals surface area contributed by atoms with Gasteiger partial charge in [0.25, 0.3) is 0 Å². The van der Waals surface area contributed by atoms with Crippen molar-refractivity contribution in [3.63, 3.8) is 0 Å². The van der Waals surface area contributed by atoms with Gasteiger partial charge in [-0.25, -0.2) is 9.78 Å². The van der Waals surface area contributed by atoms with Gasteiger partial charge in [0, 0.05) is 22.3 Å². The van der Waals surface area contributed by atoms with Crippen molar-refractivity contribution in [1.82, 2.24) is 10.3 Å². The van der Waals surface area contributed by atoms with E-state index in [1.165, 1.54) is 0 Å². The summed E-state index contributed by atoms with van der Waals surface area (Å²) >= 11 is 1.57. The lowest BCUT2D eigenvalue weighted by Gasteiger charge is -2.09. The number of carbonyl (C=O) groups is 2. The second kappa shape index (κ2) is 9.01. The lowest BCUT2D eigenvalue weighted by Crippen LogP contribution is -2.35. The summed E-state index contributed by atoms with van der Waals surface area (Å²) in [7, 11) is 1.57. The molecule has 0 atom stereocenters. The third-order valence-corrected chi connectivity index (χ3v) is 4.59. The maximum Gasteiger partial charge on any atom is 0.319 e. The molecule has 0 aliphatic carbocycles. The summed E-state index contributed by atoms with van der Waals surface area (Å²) in [5.41, 5.74) is 3.04. The van der Waals surface area contributed by atoms with Gasteiger partial charge < -0.3 is 20.7 Å². The Balaban J connectivity index is 1.50. The molecule has 3 aromatic rings. The number of carbonyl (C=O) groups excluding carboxylic acids is 2. The average Bonchev–Trinajstić information content (AvgIpc) is 3.14. The number of nitrogens with zero attached hydrogens (tertiary/aromatic N) is 1. The van der Waals surface area contributed by atoms with Crippen LogP contribution < -0.4 is 20.7 Å². The molecule has 0 fully saturated rings. The minimum absolute atomic E-state index is 0.151. The number of hydrogen-bond donors (Lipinski definition) is 3. The van der Waals surface area contributed by atoms with Gasteiger partial charge in [0.1, 0.15) is 5.75 Å². The Morgan fingerprint density at radius 3 is 2.54 bits per heavy atom. The third-order valence-electron chi connectivity index (χ3n) is 3.82. The number of thiazole rings is 1. The van der Waals surface area contributed by atoms with E-state index in [1.54, 1.807) is 48.8 Å². The van der Waals surface area contributed by atoms with Crippen LogP contribution in [0.15, 0.2) is 53.9 Å². The molecule has 8 heteroatoms. The summed E-state index contributed by atoms with van der Waals surface area (Å²) < 4.78 is 5.06. The number of aromatic nitrogens is 1. The van der Waals surface area contributed by atoms with E-state index in [2.05, 4.69) is 20.9 Å². The fourth-order valence-corrected chi connectivity index (χ4v) is 3.09. The molecule has 28 heavy (non-hydrogen) atoms. The van der Waals surface area contributed by atoms with Gasteiger partial charge in [0.15, 0.2) is 0 Å². The van der Waals surface area contributed by atoms with Crippen molar-refractivity contribution in [3.05, 3.63) is 58.9 Å². The summed E-state index contributed by atoms with van der Waals surface area (Å²) in [6.07, 6.45) is 0. The van der Waals surface area contributed by atoms with Crippen LogP contribution in [0.1, 0.15) is 5.01 Å². The Morgan fingerprint density at radius 1 is 1.07 bits per heavy atom. The zero-order chi connectivity index (χ0) is 19.9. The number of amides is 3. The number of methoxy groups -OCH3 is 1. The molecule has 0 aliphatic rings. The van der Waals surface area contributed by atoms with E-state index in [0.29, 0.717) is 17.1 Å². The Hall–Kier alpha value is -3.39. The van der Waals surface area contributed by atoms with Crippen molar-refractivity contribution in [3.8, 4) is 17.0 Å². The van der Waals surface area contributed by atoms with Crippen LogP contribution in [0.25, 0.3) is 11.3 Å². The van der Waals surface area contributed by atoms with Gasteiger partial charge >= 0.3 is 6.03 Å². The number of hydrogen-bond acceptors (Lipinski definition) is 5. The van der Waals surface area contributed by atoms with Crippen molar-refractivity contribution in [2.75, 3.05) is 24.3 Å². The zero-order valence-corrected chi connectivity index (χ0v) is 16.3. The first-order chi connectivity index (χ1) is 13.5. The molecule has 1 aromatic heterocycles. The monoisotopic (exact) mass is 396 g/mol. The molecule has 7 nitrogen and oxygen atoms in total. The average molecular weight is 396 g/mol. The molecule has 2 aromatic carbocycles. The predicted octanol–water partition coefficient (Wildman–Crippen LogP) is 3.89. The molecule has 3 amide bonds. The molecule has 0 saturated carbocycles. The molecule has 0 bridgehead atoms. The second-order valence-electron chi connectivity index (χ2n) is 5.92. The fraction of sp³-hybridized carbons (Fsp3) is 0.150. The molecule has 0 saturated heterocycles. The van der Waals surface area contributed by atoms with Crippen LogP contribution in [0, 0.1) is 6.92 Å². The minimum atomic E-state index is -0.466. The minimum Gasteiger partial charge on any atom is -0.497 e. The van der Waals surface area contributed by atoms with Crippen LogP contribution >= 0.6 is 11.3 Å². The normalized spacial score (nSPS) is 10.2. The van der Waals surface area contributed by atoms with E-state index in [4.69, 9.17) is 4.74 Å². The predicted molar refractivity (Wildman–Crippen MR) is 111 cm³/mol. The SMILES string of the molecule is COc1ccc(NC(=O)NCC(=O)Nc2cccc(-c3csc(C)n3)c2)cc1. The smallest absolute Gasteiger partial charge is 0.319 e. The first kappa shape index (κ1) is 19.4. The summed E-state index contributed by atoms with van der Waals surface area (Å²) in [6, 6.07) is 13.9. The number of ether oxygens (including phenoxy) is 1. The quantitative estimate of drug-likeness (QED) is 0.589. The summed E-state index contributed by atoms with van der Waals surface area (Å²) in [5, 5.41) is 10.9. The maximum absolute atomic E-state index is 12.1. The fourth-order valence-electron chi connectivity index (χ4n) is 2.47. The highest BCUT2D eigenvalue weighted by Crippen LogP contribution is 2.24. The van der Waals surface area contributed by atoms with E-state index in [-0.39, 0.29) is 12.5 Å². The lowest BCUT2D eigenvalue weighted by atomic mass is 10.1. The van der Waals surface area contributed by atoms with Crippen LogP contribution in [0.3, 0.4) is 0 Å². The summed E-state index contributed by atoms with van der Waals surface area (Å²) in [5.74, 6) is 0.372. The van der Waals surface area contributed by atoms with E-state index in [0.717, 1.165) is 16.3 Å². The molecule has 0 unspecified atom stereocenters. The van der Waals surface area contributed by atoms with Crippen molar-refractivity contribution < 1.29 is 14.3 Å². The number of aryl methyl sites for hydroxylation is 1. The molecule has 3 rings (SSSR count). The van der Waals surface area contributed by atoms with Gasteiger partial charge in [0.2, 0.25) is 5.91 Å². The molecule has 144 valence electrons. The molecular weight excluding hydrogens is 376 g/mol. The number of urea groups is 1. The summed E-state index contributed by atoms with van der Waals surface area (Å²) in [6.45, 7) is 1.80. The Kier molecular flexibility index (Phi) is 6.23. The molecule has 1 heterocycles. The Morgan fingerprint density at radius 2 is 1.86 bits per heavy atom. The molecule has 0 spiro atoms. The van der Waals surface area contributed by atoms with Crippen molar-refractivity contribution in [1.29, 1.82) is 0 Å². The highest BCUT2D eigenvalue weighted by Gasteiger charge is 2.08. The highest BCUT2D eigenvalue weighted by atomic mass is 32.1. The summed E-state index contributed by atoms with van der Waals surface area (Å²) in [4.78, 5) is 28.5. The van der Waals surface area contributed by atoms with Gasteiger partial charge in [-0.15, -0.1) is 11.3 Å². The van der Waals surface area contributed by atoms with Gasteiger partial charge in [-0.1, -0.05) is 12.1 Å². The van der Waals surface area contributed by atoms with E-state index >= 15 is 0 Å². The number of anilines is 2. The standard InChI is InChI=1S/C20H20N4O3S/c1-13-22-18(12-28-13)14-4-3-5-16(10-14)23-19(25)11-21-20(26)24-15-6-8-17(27-2)9-7-15/h3-10,12H,11H2,1-2H3,(H,23,25)(H2,21,24,26). The van der Waals surface area contributed by atoms with Crippen molar-refractivity contribution in [2.24, 2.45) is 0 Å². The van der Waals surface area contributed by atoms with E-state index < -0.39 is 6.03 Å². The van der Waals surface area contributed by atoms with Crippen molar-refractivity contribution >= 4 is 34.6 Å². The largest absolute Gasteiger partial charge is 0.497 e. The van der Waals surface area contributed by atoms with Crippen molar-refractivity contribution in [2.45, 2.75) is 6.92 Å². The Labute approximate surface area is 166 Å². The van der Waals surface area contributed by atoms with Crippen LogP contribution in [-0.4, -0.2) is 30.6 Å². The number of benzene rings is 2. The highest BCUT2D eigenvalue weighted by molar-refractivity contribution is 7.09. The zero-order valence-electron chi connectivity index (χ0n) is 15.5. The van der Waals surface area contributed by atoms with E-state index in [1.807, 2.05) is 30.5 Å². The molecule has 0 radical (unpaired) electrons. The maximum atomic E-state index is 12.1. The van der Waals surface area contributed by atoms with Gasteiger partial charge in [-0.3, -0.25) is 4.79 Å². The van der Waals surface area contributed by atoms with Gasteiger partial charge in [-0.2, -0.15) is 0 Å². The van der Waals surface area contributed by atoms with Crippen LogP contribution in [0.2, 0.25) is 0 Å². The molecule has 0 aliphatic heterocycles. The van der Waals surface area contributed by atoms with Crippen LogP contribution in [0.4, 0.5) is 16.2 Å². The molecule has 3 N–H and O–H groups in total.